The number of likely N-dealkylation sites (tertiary alicyclic amines) is 1. The Kier molecular flexibility index (Phi) is 4.75. The van der Waals surface area contributed by atoms with Crippen molar-refractivity contribution in [3.8, 4) is 0 Å². The van der Waals surface area contributed by atoms with Gasteiger partial charge < -0.3 is 4.90 Å². The van der Waals surface area contributed by atoms with E-state index in [2.05, 4.69) is 11.8 Å². The highest BCUT2D eigenvalue weighted by Crippen LogP contribution is 2.27. The molecule has 0 radical (unpaired) electrons. The zero-order chi connectivity index (χ0) is 13.0. The fourth-order valence-electron chi connectivity index (χ4n) is 2.64. The average molecular weight is 252 g/mol. The second-order valence-electron chi connectivity index (χ2n) is 5.54. The highest BCUT2D eigenvalue weighted by atomic mass is 16.2. The molecule has 2 aliphatic rings. The molecule has 1 aliphatic carbocycles. The molecule has 0 bridgehead atoms. The van der Waals surface area contributed by atoms with Crippen LogP contribution in [0.15, 0.2) is 0 Å². The largest absolute Gasteiger partial charge is 0.341 e. The summed E-state index contributed by atoms with van der Waals surface area (Å²) in [7, 11) is 0. The Labute approximate surface area is 109 Å². The number of amides is 1. The zero-order valence-corrected chi connectivity index (χ0v) is 11.4. The Hall–Kier alpha value is -0.900. The number of piperidine rings is 1. The van der Waals surface area contributed by atoms with Crippen molar-refractivity contribution in [1.82, 2.24) is 9.80 Å². The lowest BCUT2D eigenvalue weighted by Gasteiger charge is -2.33. The van der Waals surface area contributed by atoms with Crippen LogP contribution in [0, 0.1) is 5.92 Å². The average Bonchev–Trinajstić information content (AvgIpc) is 2.32. The van der Waals surface area contributed by atoms with Crippen molar-refractivity contribution >= 4 is 11.7 Å². The third-order valence-corrected chi connectivity index (χ3v) is 4.22. The van der Waals surface area contributed by atoms with E-state index < -0.39 is 0 Å². The van der Waals surface area contributed by atoms with Crippen LogP contribution in [-0.2, 0) is 9.59 Å². The van der Waals surface area contributed by atoms with Crippen molar-refractivity contribution in [2.24, 2.45) is 5.92 Å². The number of carbonyl (C=O) groups is 2. The summed E-state index contributed by atoms with van der Waals surface area (Å²) >= 11 is 0. The molecule has 1 saturated carbocycles. The summed E-state index contributed by atoms with van der Waals surface area (Å²) in [6.07, 6.45) is 5.08. The van der Waals surface area contributed by atoms with Gasteiger partial charge in [-0.25, -0.2) is 0 Å². The lowest BCUT2D eigenvalue weighted by Crippen LogP contribution is -2.45. The summed E-state index contributed by atoms with van der Waals surface area (Å²) < 4.78 is 0. The quantitative estimate of drug-likeness (QED) is 0.740. The van der Waals surface area contributed by atoms with Crippen molar-refractivity contribution in [3.05, 3.63) is 0 Å². The van der Waals surface area contributed by atoms with Crippen LogP contribution in [0.2, 0.25) is 0 Å². The molecule has 18 heavy (non-hydrogen) atoms. The van der Waals surface area contributed by atoms with Crippen LogP contribution < -0.4 is 0 Å². The highest BCUT2D eigenvalue weighted by Gasteiger charge is 2.24. The Morgan fingerprint density at radius 2 is 2.00 bits per heavy atom. The molecule has 2 rings (SSSR count). The predicted molar refractivity (Wildman–Crippen MR) is 70.3 cm³/mol. The van der Waals surface area contributed by atoms with E-state index in [0.717, 1.165) is 19.0 Å². The van der Waals surface area contributed by atoms with Crippen molar-refractivity contribution in [2.45, 2.75) is 39.0 Å². The summed E-state index contributed by atoms with van der Waals surface area (Å²) in [6.45, 7) is 5.90. The molecule has 1 heterocycles. The molecular weight excluding hydrogens is 228 g/mol. The number of Topliss-reactive ketones (excluding diaryl/α,β-unsaturated/α-hetero) is 1. The van der Waals surface area contributed by atoms with Gasteiger partial charge in [0.25, 0.3) is 0 Å². The van der Waals surface area contributed by atoms with Gasteiger partial charge in [0.1, 0.15) is 5.78 Å². The minimum atomic E-state index is 0.198. The summed E-state index contributed by atoms with van der Waals surface area (Å²) in [5.41, 5.74) is 0. The molecule has 0 spiro atoms. The van der Waals surface area contributed by atoms with Gasteiger partial charge in [-0.05, 0) is 25.3 Å². The number of nitrogens with zero attached hydrogens (tertiary/aromatic N) is 2. The molecule has 0 aromatic heterocycles. The monoisotopic (exact) mass is 252 g/mol. The number of hydrogen-bond donors (Lipinski definition) is 0. The molecule has 0 aromatic rings. The van der Waals surface area contributed by atoms with E-state index in [4.69, 9.17) is 0 Å². The first-order valence-corrected chi connectivity index (χ1v) is 7.21. The zero-order valence-electron chi connectivity index (χ0n) is 11.4. The first-order valence-electron chi connectivity index (χ1n) is 7.21. The first-order chi connectivity index (χ1) is 8.69. The Balaban J connectivity index is 1.75. The fourth-order valence-corrected chi connectivity index (χ4v) is 2.64. The standard InChI is InChI=1S/C14H24N2O2/c1-2-15(10-12-4-3-5-12)11-14(18)16-8-6-13(17)7-9-16/h12H,2-11H2,1H3. The van der Waals surface area contributed by atoms with Crippen molar-refractivity contribution in [2.75, 3.05) is 32.7 Å². The molecule has 1 amide bonds. The van der Waals surface area contributed by atoms with E-state index in [1.165, 1.54) is 19.3 Å². The number of carbonyl (C=O) groups excluding carboxylic acids is 2. The molecule has 0 aromatic carbocycles. The maximum Gasteiger partial charge on any atom is 0.236 e. The number of ketones is 1. The third-order valence-electron chi connectivity index (χ3n) is 4.22. The molecule has 2 fully saturated rings. The van der Waals surface area contributed by atoms with Gasteiger partial charge in [0, 0.05) is 32.5 Å². The van der Waals surface area contributed by atoms with Crippen LogP contribution in [0.25, 0.3) is 0 Å². The van der Waals surface area contributed by atoms with Crippen molar-refractivity contribution in [3.63, 3.8) is 0 Å². The molecule has 1 saturated heterocycles. The van der Waals surface area contributed by atoms with E-state index >= 15 is 0 Å². The fraction of sp³-hybridized carbons (Fsp3) is 0.857. The van der Waals surface area contributed by atoms with Crippen LogP contribution in [0.3, 0.4) is 0 Å². The molecular formula is C14H24N2O2. The highest BCUT2D eigenvalue weighted by molar-refractivity contribution is 5.84. The van der Waals surface area contributed by atoms with E-state index in [-0.39, 0.29) is 5.91 Å². The third kappa shape index (κ3) is 3.55. The Bertz CT molecular complexity index is 303. The molecule has 1 aliphatic heterocycles. The van der Waals surface area contributed by atoms with E-state index in [1.807, 2.05) is 4.90 Å². The second-order valence-corrected chi connectivity index (χ2v) is 5.54. The van der Waals surface area contributed by atoms with Gasteiger partial charge in [0.2, 0.25) is 5.91 Å². The van der Waals surface area contributed by atoms with Crippen molar-refractivity contribution in [1.29, 1.82) is 0 Å². The SMILES string of the molecule is CCN(CC(=O)N1CCC(=O)CC1)CC1CCC1. The topological polar surface area (TPSA) is 40.6 Å². The van der Waals surface area contributed by atoms with Gasteiger partial charge in [-0.2, -0.15) is 0 Å². The normalized spacial score (nSPS) is 21.2. The van der Waals surface area contributed by atoms with Crippen LogP contribution >= 0.6 is 0 Å². The Morgan fingerprint density at radius 3 is 2.50 bits per heavy atom. The first kappa shape index (κ1) is 13.5. The molecule has 4 nitrogen and oxygen atoms in total. The van der Waals surface area contributed by atoms with Crippen LogP contribution in [0.5, 0.6) is 0 Å². The molecule has 0 unspecified atom stereocenters. The van der Waals surface area contributed by atoms with Gasteiger partial charge >= 0.3 is 0 Å². The van der Waals surface area contributed by atoms with Crippen LogP contribution in [0.1, 0.15) is 39.0 Å². The van der Waals surface area contributed by atoms with E-state index in [0.29, 0.717) is 38.3 Å². The second kappa shape index (κ2) is 6.32. The Morgan fingerprint density at radius 1 is 1.33 bits per heavy atom. The predicted octanol–water partition coefficient (Wildman–Crippen LogP) is 1.30. The minimum absolute atomic E-state index is 0.198. The van der Waals surface area contributed by atoms with Crippen LogP contribution in [0.4, 0.5) is 0 Å². The molecule has 0 N–H and O–H groups in total. The lowest BCUT2D eigenvalue weighted by atomic mass is 9.85. The van der Waals surface area contributed by atoms with Crippen molar-refractivity contribution < 1.29 is 9.59 Å². The van der Waals surface area contributed by atoms with Gasteiger partial charge in [0.05, 0.1) is 6.54 Å². The van der Waals surface area contributed by atoms with Gasteiger partial charge in [-0.1, -0.05) is 13.3 Å². The van der Waals surface area contributed by atoms with Crippen LogP contribution in [-0.4, -0.2) is 54.2 Å². The summed E-state index contributed by atoms with van der Waals surface area (Å²) in [5, 5.41) is 0. The number of rotatable bonds is 5. The molecule has 4 heteroatoms. The maximum atomic E-state index is 12.1. The summed E-state index contributed by atoms with van der Waals surface area (Å²) in [6, 6.07) is 0. The van der Waals surface area contributed by atoms with Gasteiger partial charge in [0.15, 0.2) is 0 Å². The number of likely N-dealkylation sites (N-methyl/N-ethyl adjacent to an activating group) is 1. The lowest BCUT2D eigenvalue weighted by molar-refractivity contribution is -0.135. The smallest absolute Gasteiger partial charge is 0.236 e. The van der Waals surface area contributed by atoms with Gasteiger partial charge in [-0.3, -0.25) is 14.5 Å². The summed E-state index contributed by atoms with van der Waals surface area (Å²) in [4.78, 5) is 27.4. The number of hydrogen-bond acceptors (Lipinski definition) is 3. The van der Waals surface area contributed by atoms with Gasteiger partial charge in [-0.15, -0.1) is 0 Å². The minimum Gasteiger partial charge on any atom is -0.341 e. The van der Waals surface area contributed by atoms with E-state index in [1.54, 1.807) is 0 Å². The van der Waals surface area contributed by atoms with E-state index in [9.17, 15) is 9.59 Å². The summed E-state index contributed by atoms with van der Waals surface area (Å²) in [5.74, 6) is 1.30. The molecule has 0 atom stereocenters. The molecule has 102 valence electrons. The maximum absolute atomic E-state index is 12.1.